The van der Waals surface area contributed by atoms with Crippen LogP contribution in [0.4, 0.5) is 0 Å². The number of ether oxygens (including phenoxy) is 1. The van der Waals surface area contributed by atoms with E-state index in [1.165, 1.54) is 24.8 Å². The molecule has 0 rings (SSSR count). The van der Waals surface area contributed by atoms with Gasteiger partial charge in [-0.15, -0.1) is 6.58 Å². The molecule has 1 heteroatoms. The van der Waals surface area contributed by atoms with Crippen molar-refractivity contribution in [2.24, 2.45) is 5.92 Å². The van der Waals surface area contributed by atoms with Gasteiger partial charge < -0.3 is 4.74 Å². The quantitative estimate of drug-likeness (QED) is 0.406. The van der Waals surface area contributed by atoms with Gasteiger partial charge >= 0.3 is 0 Å². The van der Waals surface area contributed by atoms with E-state index in [4.69, 9.17) is 4.74 Å². The molecule has 0 heterocycles. The van der Waals surface area contributed by atoms with E-state index in [-0.39, 0.29) is 0 Å². The van der Waals surface area contributed by atoms with Crippen molar-refractivity contribution in [2.75, 3.05) is 13.2 Å². The number of hydrogen-bond donors (Lipinski definition) is 0. The molecule has 0 N–H and O–H groups in total. The van der Waals surface area contributed by atoms with E-state index >= 15 is 0 Å². The molecular formula is C14H26O. The van der Waals surface area contributed by atoms with Gasteiger partial charge in [0.05, 0.1) is 6.61 Å². The van der Waals surface area contributed by atoms with Gasteiger partial charge in [0.15, 0.2) is 0 Å². The smallest absolute Gasteiger partial charge is 0.0674 e. The Morgan fingerprint density at radius 1 is 1.47 bits per heavy atom. The average Bonchev–Trinajstić information content (AvgIpc) is 2.24. The van der Waals surface area contributed by atoms with Gasteiger partial charge in [-0.3, -0.25) is 0 Å². The van der Waals surface area contributed by atoms with Crippen molar-refractivity contribution < 1.29 is 4.74 Å². The lowest BCUT2D eigenvalue weighted by Crippen LogP contribution is -1.98. The zero-order valence-corrected chi connectivity index (χ0v) is 10.6. The topological polar surface area (TPSA) is 9.23 Å². The molecule has 0 fully saturated rings. The fourth-order valence-electron chi connectivity index (χ4n) is 1.25. The maximum absolute atomic E-state index is 5.53. The van der Waals surface area contributed by atoms with Gasteiger partial charge in [-0.1, -0.05) is 38.0 Å². The first-order valence-electron chi connectivity index (χ1n) is 6.06. The van der Waals surface area contributed by atoms with Gasteiger partial charge in [0.1, 0.15) is 0 Å². The highest BCUT2D eigenvalue weighted by atomic mass is 16.5. The van der Waals surface area contributed by atoms with E-state index in [0.29, 0.717) is 5.92 Å². The van der Waals surface area contributed by atoms with Crippen LogP contribution in [-0.4, -0.2) is 13.2 Å². The third kappa shape index (κ3) is 9.74. The van der Waals surface area contributed by atoms with Crippen LogP contribution in [0, 0.1) is 5.92 Å². The van der Waals surface area contributed by atoms with E-state index in [0.717, 1.165) is 19.6 Å². The van der Waals surface area contributed by atoms with Gasteiger partial charge in [-0.05, 0) is 32.1 Å². The molecule has 0 radical (unpaired) electrons. The first kappa shape index (κ1) is 14.4. The molecule has 0 saturated heterocycles. The van der Waals surface area contributed by atoms with Crippen LogP contribution >= 0.6 is 0 Å². The Kier molecular flexibility index (Phi) is 9.60. The van der Waals surface area contributed by atoms with Gasteiger partial charge in [0.25, 0.3) is 0 Å². The van der Waals surface area contributed by atoms with Crippen LogP contribution in [0.2, 0.25) is 0 Å². The highest BCUT2D eigenvalue weighted by Gasteiger charge is 1.95. The molecule has 15 heavy (non-hydrogen) atoms. The number of rotatable bonds is 9. The minimum atomic E-state index is 0.620. The standard InChI is InChI=1S/C14H26O/c1-5-7-11-15-12-14(4)10-8-9-13(3)6-2/h6,10,13H,2,5,7-9,11-12H2,1,3-4H3/b14-10+. The molecule has 0 saturated carbocycles. The van der Waals surface area contributed by atoms with Crippen molar-refractivity contribution in [1.82, 2.24) is 0 Å². The second-order valence-electron chi connectivity index (χ2n) is 4.25. The molecular weight excluding hydrogens is 184 g/mol. The van der Waals surface area contributed by atoms with Crippen molar-refractivity contribution in [3.05, 3.63) is 24.3 Å². The summed E-state index contributed by atoms with van der Waals surface area (Å²) in [6, 6.07) is 0. The summed E-state index contributed by atoms with van der Waals surface area (Å²) in [4.78, 5) is 0. The highest BCUT2D eigenvalue weighted by molar-refractivity contribution is 4.98. The molecule has 0 aliphatic carbocycles. The van der Waals surface area contributed by atoms with E-state index in [1.54, 1.807) is 0 Å². The Balaban J connectivity index is 3.47. The van der Waals surface area contributed by atoms with E-state index < -0.39 is 0 Å². The summed E-state index contributed by atoms with van der Waals surface area (Å²) in [5.74, 6) is 0.620. The van der Waals surface area contributed by atoms with Crippen LogP contribution in [0.15, 0.2) is 24.3 Å². The molecule has 1 unspecified atom stereocenters. The highest BCUT2D eigenvalue weighted by Crippen LogP contribution is 2.08. The molecule has 0 amide bonds. The third-order valence-corrected chi connectivity index (χ3v) is 2.49. The van der Waals surface area contributed by atoms with Gasteiger partial charge in [-0.2, -0.15) is 0 Å². The van der Waals surface area contributed by atoms with Crippen molar-refractivity contribution in [1.29, 1.82) is 0 Å². The van der Waals surface area contributed by atoms with E-state index in [2.05, 4.69) is 33.4 Å². The number of hydrogen-bond acceptors (Lipinski definition) is 1. The van der Waals surface area contributed by atoms with Gasteiger partial charge in [-0.25, -0.2) is 0 Å². The van der Waals surface area contributed by atoms with Gasteiger partial charge in [0, 0.05) is 6.61 Å². The minimum Gasteiger partial charge on any atom is -0.377 e. The Bertz CT molecular complexity index is 182. The third-order valence-electron chi connectivity index (χ3n) is 2.49. The summed E-state index contributed by atoms with van der Waals surface area (Å²) in [6.45, 7) is 12.0. The van der Waals surface area contributed by atoms with Crippen LogP contribution in [0.3, 0.4) is 0 Å². The van der Waals surface area contributed by atoms with Crippen molar-refractivity contribution >= 4 is 0 Å². The normalized spacial score (nSPS) is 13.9. The van der Waals surface area contributed by atoms with Crippen LogP contribution in [0.1, 0.15) is 46.5 Å². The molecule has 88 valence electrons. The molecule has 0 aliphatic rings. The molecule has 1 atom stereocenters. The van der Waals surface area contributed by atoms with Gasteiger partial charge in [0.2, 0.25) is 0 Å². The van der Waals surface area contributed by atoms with Crippen LogP contribution in [0.5, 0.6) is 0 Å². The zero-order chi connectivity index (χ0) is 11.5. The fraction of sp³-hybridized carbons (Fsp3) is 0.714. The average molecular weight is 210 g/mol. The second kappa shape index (κ2) is 9.97. The fourth-order valence-corrected chi connectivity index (χ4v) is 1.25. The summed E-state index contributed by atoms with van der Waals surface area (Å²) in [5.41, 5.74) is 1.35. The molecule has 0 aromatic carbocycles. The minimum absolute atomic E-state index is 0.620. The van der Waals surface area contributed by atoms with Crippen LogP contribution < -0.4 is 0 Å². The molecule has 0 bridgehead atoms. The largest absolute Gasteiger partial charge is 0.377 e. The lowest BCUT2D eigenvalue weighted by Gasteiger charge is -2.05. The summed E-state index contributed by atoms with van der Waals surface area (Å²) in [7, 11) is 0. The SMILES string of the molecule is C=CC(C)CC/C=C(\C)COCCCC. The molecule has 0 aromatic rings. The number of allylic oxidation sites excluding steroid dienone is 2. The summed E-state index contributed by atoms with van der Waals surface area (Å²) in [5, 5.41) is 0. The molecule has 0 aromatic heterocycles. The van der Waals surface area contributed by atoms with Crippen molar-refractivity contribution in [3.8, 4) is 0 Å². The van der Waals surface area contributed by atoms with E-state index in [1.807, 2.05) is 6.08 Å². The number of unbranched alkanes of at least 4 members (excludes halogenated alkanes) is 1. The van der Waals surface area contributed by atoms with Crippen molar-refractivity contribution in [3.63, 3.8) is 0 Å². The Labute approximate surface area is 95.2 Å². The second-order valence-corrected chi connectivity index (χ2v) is 4.25. The molecule has 0 aliphatic heterocycles. The zero-order valence-electron chi connectivity index (χ0n) is 10.6. The maximum Gasteiger partial charge on any atom is 0.0674 e. The first-order chi connectivity index (χ1) is 7.20. The molecule has 0 spiro atoms. The predicted octanol–water partition coefficient (Wildman–Crippen LogP) is 4.35. The Morgan fingerprint density at radius 3 is 2.80 bits per heavy atom. The van der Waals surface area contributed by atoms with Crippen LogP contribution in [-0.2, 0) is 4.74 Å². The lowest BCUT2D eigenvalue weighted by atomic mass is 10.1. The van der Waals surface area contributed by atoms with E-state index in [9.17, 15) is 0 Å². The monoisotopic (exact) mass is 210 g/mol. The maximum atomic E-state index is 5.53. The summed E-state index contributed by atoms with van der Waals surface area (Å²) < 4.78 is 5.53. The molecule has 1 nitrogen and oxygen atoms in total. The summed E-state index contributed by atoms with van der Waals surface area (Å²) >= 11 is 0. The Hall–Kier alpha value is -0.560. The lowest BCUT2D eigenvalue weighted by molar-refractivity contribution is 0.152. The Morgan fingerprint density at radius 2 is 2.20 bits per heavy atom. The predicted molar refractivity (Wildman–Crippen MR) is 68.1 cm³/mol. The summed E-state index contributed by atoms with van der Waals surface area (Å²) in [6.07, 6.45) is 9.00. The first-order valence-corrected chi connectivity index (χ1v) is 6.06. The van der Waals surface area contributed by atoms with Crippen molar-refractivity contribution in [2.45, 2.75) is 46.5 Å². The van der Waals surface area contributed by atoms with Crippen LogP contribution in [0.25, 0.3) is 0 Å².